The lowest BCUT2D eigenvalue weighted by Crippen LogP contribution is -2.30. The zero-order chi connectivity index (χ0) is 17.6. The number of nitrogens with zero attached hydrogens (tertiary/aromatic N) is 1. The number of rotatable bonds is 4. The van der Waals surface area contributed by atoms with Crippen molar-refractivity contribution >= 4 is 35.6 Å². The Balaban J connectivity index is 0.00000243. The van der Waals surface area contributed by atoms with Crippen LogP contribution >= 0.6 is 24.0 Å². The number of guanidine groups is 1. The first-order valence-corrected chi connectivity index (χ1v) is 8.66. The van der Waals surface area contributed by atoms with E-state index in [1.165, 1.54) is 0 Å². The summed E-state index contributed by atoms with van der Waals surface area (Å²) in [7, 11) is 0. The molecule has 0 bridgehead atoms. The molecule has 142 valence electrons. The van der Waals surface area contributed by atoms with Gasteiger partial charge in [-0.1, -0.05) is 0 Å². The number of benzene rings is 1. The number of hydrogen-bond acceptors (Lipinski definition) is 4. The summed E-state index contributed by atoms with van der Waals surface area (Å²) in [4.78, 5) is 4.65. The minimum atomic E-state index is 0. The summed E-state index contributed by atoms with van der Waals surface area (Å²) in [5, 5.41) is 6.58. The molecular formula is C19H26IN3O3. The molecule has 0 unspecified atom stereocenters. The van der Waals surface area contributed by atoms with Crippen LogP contribution in [0.4, 0.5) is 5.69 Å². The second kappa shape index (κ2) is 9.70. The number of hydrogen-bond donors (Lipinski definition) is 2. The summed E-state index contributed by atoms with van der Waals surface area (Å²) >= 11 is 0. The van der Waals surface area contributed by atoms with E-state index in [1.54, 1.807) is 0 Å². The van der Waals surface area contributed by atoms with E-state index in [9.17, 15) is 0 Å². The van der Waals surface area contributed by atoms with Crippen molar-refractivity contribution in [3.63, 3.8) is 0 Å². The highest BCUT2D eigenvalue weighted by Crippen LogP contribution is 2.32. The first kappa shape index (κ1) is 20.4. The van der Waals surface area contributed by atoms with Crippen molar-refractivity contribution < 1.29 is 13.9 Å². The van der Waals surface area contributed by atoms with Crippen LogP contribution in [0.2, 0.25) is 0 Å². The van der Waals surface area contributed by atoms with Crippen molar-refractivity contribution in [1.29, 1.82) is 0 Å². The Hall–Kier alpha value is -1.90. The molecule has 0 saturated heterocycles. The molecule has 2 aromatic rings. The molecule has 2 N–H and O–H groups in total. The summed E-state index contributed by atoms with van der Waals surface area (Å²) in [6.07, 6.45) is 0.894. The molecule has 1 aromatic carbocycles. The van der Waals surface area contributed by atoms with Gasteiger partial charge in [0.2, 0.25) is 0 Å². The highest BCUT2D eigenvalue weighted by molar-refractivity contribution is 14.0. The lowest BCUT2D eigenvalue weighted by Gasteiger charge is -2.13. The zero-order valence-electron chi connectivity index (χ0n) is 15.4. The van der Waals surface area contributed by atoms with Crippen molar-refractivity contribution in [2.24, 2.45) is 4.99 Å². The van der Waals surface area contributed by atoms with Crippen LogP contribution in [-0.4, -0.2) is 25.7 Å². The smallest absolute Gasteiger partial charge is 0.196 e. The third-order valence-corrected chi connectivity index (χ3v) is 3.91. The summed E-state index contributed by atoms with van der Waals surface area (Å²) in [6.45, 7) is 8.64. The van der Waals surface area contributed by atoms with E-state index in [1.807, 2.05) is 45.0 Å². The quantitative estimate of drug-likeness (QED) is 0.397. The third-order valence-electron chi connectivity index (χ3n) is 3.91. The van der Waals surface area contributed by atoms with Gasteiger partial charge in [-0.15, -0.1) is 24.0 Å². The summed E-state index contributed by atoms with van der Waals surface area (Å²) < 4.78 is 17.0. The number of furan rings is 1. The van der Waals surface area contributed by atoms with E-state index in [-0.39, 0.29) is 24.0 Å². The summed E-state index contributed by atoms with van der Waals surface area (Å²) in [5.74, 6) is 4.08. The Bertz CT molecular complexity index is 758. The maximum absolute atomic E-state index is 5.74. The van der Waals surface area contributed by atoms with Gasteiger partial charge in [0, 0.05) is 30.3 Å². The van der Waals surface area contributed by atoms with Gasteiger partial charge in [-0.25, -0.2) is 4.99 Å². The molecule has 0 amide bonds. The first-order valence-electron chi connectivity index (χ1n) is 8.66. The molecule has 7 heteroatoms. The van der Waals surface area contributed by atoms with Crippen LogP contribution in [0.15, 0.2) is 33.7 Å². The number of nitrogens with one attached hydrogen (secondary N) is 2. The predicted molar refractivity (Wildman–Crippen MR) is 114 cm³/mol. The number of aryl methyl sites for hydroxylation is 2. The van der Waals surface area contributed by atoms with Gasteiger partial charge in [-0.2, -0.15) is 0 Å². The normalized spacial score (nSPS) is 13.6. The highest BCUT2D eigenvalue weighted by atomic mass is 127. The van der Waals surface area contributed by atoms with E-state index in [2.05, 4.69) is 15.6 Å². The maximum atomic E-state index is 5.74. The SMILES string of the molecule is CCNC(=NCc1cc(C)oc1C)Nc1ccc2c(c1)OCCCO2.I. The number of fused-ring (bicyclic) bond motifs is 1. The minimum Gasteiger partial charge on any atom is -0.490 e. The molecule has 0 atom stereocenters. The number of ether oxygens (including phenoxy) is 2. The van der Waals surface area contributed by atoms with Gasteiger partial charge in [0.25, 0.3) is 0 Å². The van der Waals surface area contributed by atoms with Gasteiger partial charge < -0.3 is 24.5 Å². The highest BCUT2D eigenvalue weighted by Gasteiger charge is 2.11. The van der Waals surface area contributed by atoms with E-state index in [0.29, 0.717) is 19.8 Å². The fraction of sp³-hybridized carbons (Fsp3) is 0.421. The Labute approximate surface area is 171 Å². The summed E-state index contributed by atoms with van der Waals surface area (Å²) in [6, 6.07) is 7.86. The van der Waals surface area contributed by atoms with Crippen molar-refractivity contribution in [3.05, 3.63) is 41.3 Å². The topological polar surface area (TPSA) is 68.0 Å². The minimum absolute atomic E-state index is 0. The van der Waals surface area contributed by atoms with Gasteiger partial charge in [0.1, 0.15) is 11.5 Å². The molecule has 0 saturated carbocycles. The van der Waals surface area contributed by atoms with Crippen molar-refractivity contribution in [2.45, 2.75) is 33.7 Å². The van der Waals surface area contributed by atoms with Crippen LogP contribution in [-0.2, 0) is 6.54 Å². The molecule has 0 aliphatic carbocycles. The predicted octanol–water partition coefficient (Wildman–Crippen LogP) is 4.25. The Morgan fingerprint density at radius 1 is 1.12 bits per heavy atom. The van der Waals surface area contributed by atoms with Crippen molar-refractivity contribution in [1.82, 2.24) is 5.32 Å². The molecule has 2 heterocycles. The third kappa shape index (κ3) is 5.30. The largest absolute Gasteiger partial charge is 0.490 e. The second-order valence-corrected chi connectivity index (χ2v) is 5.97. The standard InChI is InChI=1S/C19H25N3O3.HI/c1-4-20-19(21-12-15-10-13(2)25-14(15)3)22-16-6-7-17-18(11-16)24-9-5-8-23-17;/h6-7,10-11H,4-5,8-9,12H2,1-3H3,(H2,20,21,22);1H. The van der Waals surface area contributed by atoms with Gasteiger partial charge in [0.05, 0.1) is 19.8 Å². The maximum Gasteiger partial charge on any atom is 0.196 e. The summed E-state index contributed by atoms with van der Waals surface area (Å²) in [5.41, 5.74) is 2.00. The van der Waals surface area contributed by atoms with E-state index >= 15 is 0 Å². The van der Waals surface area contributed by atoms with E-state index in [0.717, 1.165) is 53.2 Å². The van der Waals surface area contributed by atoms with E-state index < -0.39 is 0 Å². The van der Waals surface area contributed by atoms with Crippen LogP contribution in [0.25, 0.3) is 0 Å². The van der Waals surface area contributed by atoms with Crippen molar-refractivity contribution in [3.8, 4) is 11.5 Å². The first-order chi connectivity index (χ1) is 12.2. The molecule has 1 aromatic heterocycles. The average molecular weight is 471 g/mol. The number of halogens is 1. The Morgan fingerprint density at radius 3 is 2.58 bits per heavy atom. The molecule has 26 heavy (non-hydrogen) atoms. The second-order valence-electron chi connectivity index (χ2n) is 5.97. The van der Waals surface area contributed by atoms with Gasteiger partial charge >= 0.3 is 0 Å². The fourth-order valence-electron chi connectivity index (χ4n) is 2.69. The molecule has 3 rings (SSSR count). The molecule has 6 nitrogen and oxygen atoms in total. The zero-order valence-corrected chi connectivity index (χ0v) is 17.8. The average Bonchev–Trinajstić information content (AvgIpc) is 2.78. The lowest BCUT2D eigenvalue weighted by molar-refractivity contribution is 0.297. The Kier molecular flexibility index (Phi) is 7.62. The number of aliphatic imine (C=N–C) groups is 1. The van der Waals surface area contributed by atoms with Crippen molar-refractivity contribution in [2.75, 3.05) is 25.1 Å². The van der Waals surface area contributed by atoms with Crippen LogP contribution in [0, 0.1) is 13.8 Å². The van der Waals surface area contributed by atoms with Crippen LogP contribution in [0.3, 0.4) is 0 Å². The van der Waals surface area contributed by atoms with Crippen LogP contribution < -0.4 is 20.1 Å². The van der Waals surface area contributed by atoms with Crippen LogP contribution in [0.5, 0.6) is 11.5 Å². The molecule has 0 spiro atoms. The molecule has 1 aliphatic heterocycles. The van der Waals surface area contributed by atoms with Gasteiger partial charge in [-0.3, -0.25) is 0 Å². The molecule has 0 fully saturated rings. The van der Waals surface area contributed by atoms with Crippen LogP contribution in [0.1, 0.15) is 30.4 Å². The van der Waals surface area contributed by atoms with Gasteiger partial charge in [-0.05, 0) is 39.0 Å². The molecule has 1 aliphatic rings. The van der Waals surface area contributed by atoms with E-state index in [4.69, 9.17) is 13.9 Å². The lowest BCUT2D eigenvalue weighted by atomic mass is 10.2. The fourth-order valence-corrected chi connectivity index (χ4v) is 2.69. The molecular weight excluding hydrogens is 445 g/mol. The van der Waals surface area contributed by atoms with Gasteiger partial charge in [0.15, 0.2) is 17.5 Å². The number of anilines is 1. The molecule has 0 radical (unpaired) electrons. The monoisotopic (exact) mass is 471 g/mol. The Morgan fingerprint density at radius 2 is 1.88 bits per heavy atom.